The first-order valence-corrected chi connectivity index (χ1v) is 9.80. The van der Waals surface area contributed by atoms with Crippen molar-refractivity contribution in [3.05, 3.63) is 108 Å². The number of nitrogens with zero attached hydrogens (tertiary/aromatic N) is 2. The topological polar surface area (TPSA) is 46.9 Å². The van der Waals surface area contributed by atoms with Crippen molar-refractivity contribution < 1.29 is 4.79 Å². The highest BCUT2D eigenvalue weighted by Gasteiger charge is 2.15. The standard InChI is InChI=1S/C25H23N3O/c29-25(17-16-20-10-4-1-5-11-20)28-24(26-19-21-12-6-2-7-13-21)18-23(27-28)22-14-8-3-9-15-22/h1-15,18,26H,16-17,19H2. The van der Waals surface area contributed by atoms with Crippen LogP contribution in [0.15, 0.2) is 97.1 Å². The minimum Gasteiger partial charge on any atom is -0.366 e. The number of hydrogen-bond acceptors (Lipinski definition) is 3. The Morgan fingerprint density at radius 1 is 0.793 bits per heavy atom. The molecular formula is C25H23N3O. The van der Waals surface area contributed by atoms with Crippen molar-refractivity contribution in [3.8, 4) is 11.3 Å². The summed E-state index contributed by atoms with van der Waals surface area (Å²) in [6, 6.07) is 32.1. The molecule has 0 amide bonds. The summed E-state index contributed by atoms with van der Waals surface area (Å²) in [5.41, 5.74) is 4.08. The third-order valence-electron chi connectivity index (χ3n) is 4.80. The number of carbonyl (C=O) groups is 1. The lowest BCUT2D eigenvalue weighted by molar-refractivity contribution is 0.0890. The summed E-state index contributed by atoms with van der Waals surface area (Å²) < 4.78 is 1.51. The van der Waals surface area contributed by atoms with Crippen LogP contribution in [0.25, 0.3) is 11.3 Å². The molecule has 4 rings (SSSR count). The summed E-state index contributed by atoms with van der Waals surface area (Å²) in [5.74, 6) is 0.692. The average molecular weight is 381 g/mol. The molecule has 0 atom stereocenters. The van der Waals surface area contributed by atoms with Gasteiger partial charge < -0.3 is 5.32 Å². The largest absolute Gasteiger partial charge is 0.366 e. The van der Waals surface area contributed by atoms with E-state index >= 15 is 0 Å². The minimum atomic E-state index is -0.0217. The Hall–Kier alpha value is -3.66. The second-order valence-electron chi connectivity index (χ2n) is 6.91. The van der Waals surface area contributed by atoms with E-state index in [1.54, 1.807) is 0 Å². The Morgan fingerprint density at radius 3 is 2.03 bits per heavy atom. The lowest BCUT2D eigenvalue weighted by Gasteiger charge is -2.09. The molecule has 3 aromatic carbocycles. The Kier molecular flexibility index (Phi) is 5.81. The van der Waals surface area contributed by atoms with E-state index in [9.17, 15) is 4.79 Å². The molecule has 0 spiro atoms. The van der Waals surface area contributed by atoms with E-state index < -0.39 is 0 Å². The maximum Gasteiger partial charge on any atom is 0.249 e. The van der Waals surface area contributed by atoms with Crippen molar-refractivity contribution in [1.82, 2.24) is 9.78 Å². The molecule has 0 aliphatic carbocycles. The van der Waals surface area contributed by atoms with Crippen LogP contribution in [0.4, 0.5) is 5.82 Å². The van der Waals surface area contributed by atoms with E-state index in [0.29, 0.717) is 25.2 Å². The van der Waals surface area contributed by atoms with Crippen LogP contribution in [-0.4, -0.2) is 15.7 Å². The smallest absolute Gasteiger partial charge is 0.249 e. The molecule has 0 saturated carbocycles. The minimum absolute atomic E-state index is 0.0217. The van der Waals surface area contributed by atoms with Gasteiger partial charge in [0.15, 0.2) is 0 Å². The predicted molar refractivity (Wildman–Crippen MR) is 117 cm³/mol. The monoisotopic (exact) mass is 381 g/mol. The van der Waals surface area contributed by atoms with Crippen LogP contribution in [0.5, 0.6) is 0 Å². The van der Waals surface area contributed by atoms with E-state index in [1.165, 1.54) is 4.68 Å². The number of aromatic nitrogens is 2. The molecule has 1 aromatic heterocycles. The van der Waals surface area contributed by atoms with Gasteiger partial charge in [-0.3, -0.25) is 4.79 Å². The van der Waals surface area contributed by atoms with Crippen LogP contribution < -0.4 is 5.32 Å². The summed E-state index contributed by atoms with van der Waals surface area (Å²) in [6.07, 6.45) is 1.10. The molecule has 1 heterocycles. The molecule has 0 unspecified atom stereocenters. The molecule has 0 aliphatic heterocycles. The summed E-state index contributed by atoms with van der Waals surface area (Å²) >= 11 is 0. The lowest BCUT2D eigenvalue weighted by atomic mass is 10.1. The summed E-state index contributed by atoms with van der Waals surface area (Å²) in [5, 5.41) is 7.99. The van der Waals surface area contributed by atoms with Crippen LogP contribution in [0.3, 0.4) is 0 Å². The second kappa shape index (κ2) is 9.02. The molecule has 29 heavy (non-hydrogen) atoms. The van der Waals surface area contributed by atoms with Gasteiger partial charge in [-0.2, -0.15) is 9.78 Å². The zero-order valence-corrected chi connectivity index (χ0v) is 16.2. The zero-order valence-electron chi connectivity index (χ0n) is 16.2. The number of aryl methyl sites for hydroxylation is 1. The van der Waals surface area contributed by atoms with Crippen molar-refractivity contribution in [1.29, 1.82) is 0 Å². The van der Waals surface area contributed by atoms with E-state index in [-0.39, 0.29) is 5.91 Å². The van der Waals surface area contributed by atoms with E-state index in [1.807, 2.05) is 84.9 Å². The fraction of sp³-hybridized carbons (Fsp3) is 0.120. The number of rotatable bonds is 7. The molecule has 0 radical (unpaired) electrons. The molecule has 1 N–H and O–H groups in total. The molecule has 0 aliphatic rings. The van der Waals surface area contributed by atoms with Crippen LogP contribution in [0.2, 0.25) is 0 Å². The number of hydrogen-bond donors (Lipinski definition) is 1. The number of carbonyl (C=O) groups excluding carboxylic acids is 1. The van der Waals surface area contributed by atoms with Gasteiger partial charge in [0.1, 0.15) is 5.82 Å². The Balaban J connectivity index is 1.56. The highest BCUT2D eigenvalue weighted by molar-refractivity contribution is 5.83. The maximum absolute atomic E-state index is 13.0. The lowest BCUT2D eigenvalue weighted by Crippen LogP contribution is -2.16. The van der Waals surface area contributed by atoms with Gasteiger partial charge in [0.25, 0.3) is 0 Å². The highest BCUT2D eigenvalue weighted by atomic mass is 16.2. The van der Waals surface area contributed by atoms with Crippen LogP contribution in [-0.2, 0) is 13.0 Å². The molecule has 4 nitrogen and oxygen atoms in total. The summed E-state index contributed by atoms with van der Waals surface area (Å²) in [7, 11) is 0. The Labute approximate surface area is 170 Å². The fourth-order valence-electron chi connectivity index (χ4n) is 3.24. The second-order valence-corrected chi connectivity index (χ2v) is 6.91. The van der Waals surface area contributed by atoms with E-state index in [4.69, 9.17) is 0 Å². The third kappa shape index (κ3) is 4.79. The molecule has 0 bridgehead atoms. The molecule has 0 saturated heterocycles. The van der Waals surface area contributed by atoms with Crippen molar-refractivity contribution in [3.63, 3.8) is 0 Å². The van der Waals surface area contributed by atoms with Crippen molar-refractivity contribution in [2.75, 3.05) is 5.32 Å². The fourth-order valence-corrected chi connectivity index (χ4v) is 3.24. The zero-order chi connectivity index (χ0) is 19.9. The van der Waals surface area contributed by atoms with Gasteiger partial charge in [-0.15, -0.1) is 0 Å². The Morgan fingerprint density at radius 2 is 1.38 bits per heavy atom. The first-order chi connectivity index (χ1) is 14.3. The number of benzene rings is 3. The molecule has 4 heteroatoms. The highest BCUT2D eigenvalue weighted by Crippen LogP contribution is 2.23. The van der Waals surface area contributed by atoms with Crippen molar-refractivity contribution in [2.45, 2.75) is 19.4 Å². The maximum atomic E-state index is 13.0. The van der Waals surface area contributed by atoms with Crippen LogP contribution >= 0.6 is 0 Å². The molecular weight excluding hydrogens is 358 g/mol. The van der Waals surface area contributed by atoms with E-state index in [0.717, 1.165) is 22.4 Å². The molecule has 4 aromatic rings. The van der Waals surface area contributed by atoms with Gasteiger partial charge in [-0.25, -0.2) is 0 Å². The number of nitrogens with one attached hydrogen (secondary N) is 1. The third-order valence-corrected chi connectivity index (χ3v) is 4.80. The van der Waals surface area contributed by atoms with Crippen molar-refractivity contribution >= 4 is 11.7 Å². The van der Waals surface area contributed by atoms with Gasteiger partial charge in [0, 0.05) is 24.6 Å². The van der Waals surface area contributed by atoms with Gasteiger partial charge in [-0.05, 0) is 17.5 Å². The average Bonchev–Trinajstić information content (AvgIpc) is 3.22. The normalized spacial score (nSPS) is 10.6. The van der Waals surface area contributed by atoms with E-state index in [2.05, 4.69) is 22.5 Å². The quantitative estimate of drug-likeness (QED) is 0.464. The van der Waals surface area contributed by atoms with Gasteiger partial charge in [-0.1, -0.05) is 91.0 Å². The molecule has 144 valence electrons. The predicted octanol–water partition coefficient (Wildman–Crippen LogP) is 5.44. The molecule has 0 fully saturated rings. The first kappa shape index (κ1) is 18.7. The summed E-state index contributed by atoms with van der Waals surface area (Å²) in [6.45, 7) is 0.632. The van der Waals surface area contributed by atoms with Gasteiger partial charge in [0.2, 0.25) is 5.91 Å². The van der Waals surface area contributed by atoms with Gasteiger partial charge in [0.05, 0.1) is 5.69 Å². The SMILES string of the molecule is O=C(CCc1ccccc1)n1nc(-c2ccccc2)cc1NCc1ccccc1. The van der Waals surface area contributed by atoms with Crippen molar-refractivity contribution in [2.24, 2.45) is 0 Å². The van der Waals surface area contributed by atoms with Crippen LogP contribution in [0, 0.1) is 0 Å². The van der Waals surface area contributed by atoms with Crippen LogP contribution in [0.1, 0.15) is 22.3 Å². The summed E-state index contributed by atoms with van der Waals surface area (Å²) in [4.78, 5) is 13.0. The first-order valence-electron chi connectivity index (χ1n) is 9.80. The number of anilines is 1. The van der Waals surface area contributed by atoms with Gasteiger partial charge >= 0.3 is 0 Å². The Bertz CT molecular complexity index is 1060.